The standard InChI is InChI=1S/C29H32N4O3S/c1-32(19-18-22-16-17-25(35-2)26(21-22)36-3)27(34)15-10-20-37-29-31-30-28(23-11-6-4-7-12-23)33(29)24-13-8-5-9-14-24/h4-9,11-14,16-17,21H,10,15,18-20H2,1-3H3. The second-order valence-corrected chi connectivity index (χ2v) is 9.61. The third kappa shape index (κ3) is 6.71. The molecule has 1 aromatic heterocycles. The minimum atomic E-state index is 0.135. The normalized spacial score (nSPS) is 10.8. The van der Waals surface area contributed by atoms with Crippen LogP contribution in [0.15, 0.2) is 84.0 Å². The van der Waals surface area contributed by atoms with Gasteiger partial charge in [0.05, 0.1) is 14.2 Å². The Hall–Kier alpha value is -3.78. The lowest BCUT2D eigenvalue weighted by Gasteiger charge is -2.17. The van der Waals surface area contributed by atoms with E-state index in [4.69, 9.17) is 9.47 Å². The Morgan fingerprint density at radius 2 is 1.62 bits per heavy atom. The number of thioether (sulfide) groups is 1. The molecule has 0 radical (unpaired) electrons. The fraction of sp³-hybridized carbons (Fsp3) is 0.276. The van der Waals surface area contributed by atoms with Crippen molar-refractivity contribution >= 4 is 17.7 Å². The average Bonchev–Trinajstić information content (AvgIpc) is 3.38. The molecule has 0 fully saturated rings. The smallest absolute Gasteiger partial charge is 0.222 e. The van der Waals surface area contributed by atoms with Crippen LogP contribution in [0.4, 0.5) is 0 Å². The monoisotopic (exact) mass is 516 g/mol. The minimum absolute atomic E-state index is 0.135. The molecule has 192 valence electrons. The van der Waals surface area contributed by atoms with E-state index < -0.39 is 0 Å². The molecule has 0 atom stereocenters. The molecule has 0 aliphatic heterocycles. The number of carbonyl (C=O) groups is 1. The minimum Gasteiger partial charge on any atom is -0.493 e. The Kier molecular flexibility index (Phi) is 9.21. The van der Waals surface area contributed by atoms with Gasteiger partial charge in [-0.1, -0.05) is 66.4 Å². The molecule has 0 spiro atoms. The second-order valence-electron chi connectivity index (χ2n) is 8.55. The third-order valence-corrected chi connectivity index (χ3v) is 7.07. The number of benzene rings is 3. The summed E-state index contributed by atoms with van der Waals surface area (Å²) in [4.78, 5) is 14.5. The highest BCUT2D eigenvalue weighted by Gasteiger charge is 2.16. The van der Waals surface area contributed by atoms with Crippen LogP contribution in [0.2, 0.25) is 0 Å². The molecule has 37 heavy (non-hydrogen) atoms. The predicted molar refractivity (Wildman–Crippen MR) is 148 cm³/mol. The number of rotatable bonds is 12. The molecule has 0 aliphatic carbocycles. The lowest BCUT2D eigenvalue weighted by atomic mass is 10.1. The number of aromatic nitrogens is 3. The van der Waals surface area contributed by atoms with E-state index in [0.717, 1.165) is 46.4 Å². The Morgan fingerprint density at radius 1 is 0.919 bits per heavy atom. The van der Waals surface area contributed by atoms with Crippen LogP contribution in [-0.4, -0.2) is 59.1 Å². The molecule has 4 rings (SSSR count). The second kappa shape index (κ2) is 13.0. The molecule has 0 bridgehead atoms. The van der Waals surface area contributed by atoms with Crippen molar-refractivity contribution in [2.45, 2.75) is 24.4 Å². The summed E-state index contributed by atoms with van der Waals surface area (Å²) in [5, 5.41) is 9.77. The third-order valence-electron chi connectivity index (χ3n) is 6.06. The van der Waals surface area contributed by atoms with Crippen molar-refractivity contribution in [1.29, 1.82) is 0 Å². The van der Waals surface area contributed by atoms with E-state index in [1.807, 2.05) is 73.8 Å². The number of para-hydroxylation sites is 1. The van der Waals surface area contributed by atoms with Crippen LogP contribution in [0.1, 0.15) is 18.4 Å². The molecular weight excluding hydrogens is 484 g/mol. The van der Waals surface area contributed by atoms with E-state index in [1.165, 1.54) is 0 Å². The molecule has 4 aromatic rings. The van der Waals surface area contributed by atoms with Crippen molar-refractivity contribution in [2.75, 3.05) is 33.6 Å². The molecule has 0 aliphatic rings. The van der Waals surface area contributed by atoms with Gasteiger partial charge in [0, 0.05) is 37.0 Å². The molecule has 1 heterocycles. The van der Waals surface area contributed by atoms with Crippen LogP contribution >= 0.6 is 11.8 Å². The van der Waals surface area contributed by atoms with Crippen molar-refractivity contribution < 1.29 is 14.3 Å². The maximum Gasteiger partial charge on any atom is 0.222 e. The molecule has 0 N–H and O–H groups in total. The van der Waals surface area contributed by atoms with Gasteiger partial charge < -0.3 is 14.4 Å². The summed E-state index contributed by atoms with van der Waals surface area (Å²) in [5.74, 6) is 3.11. The first-order chi connectivity index (χ1) is 18.1. The summed E-state index contributed by atoms with van der Waals surface area (Å²) in [6, 6.07) is 26.0. The van der Waals surface area contributed by atoms with Crippen LogP contribution in [0.5, 0.6) is 11.5 Å². The Bertz CT molecular complexity index is 1300. The van der Waals surface area contributed by atoms with Gasteiger partial charge in [0.15, 0.2) is 22.5 Å². The van der Waals surface area contributed by atoms with Crippen LogP contribution in [0.3, 0.4) is 0 Å². The number of likely N-dealkylation sites (N-methyl/N-ethyl adjacent to an activating group) is 1. The maximum atomic E-state index is 12.7. The Labute approximate surface area is 222 Å². The molecule has 0 unspecified atom stereocenters. The van der Waals surface area contributed by atoms with Gasteiger partial charge >= 0.3 is 0 Å². The van der Waals surface area contributed by atoms with E-state index in [-0.39, 0.29) is 5.91 Å². The van der Waals surface area contributed by atoms with Gasteiger partial charge in [0.2, 0.25) is 5.91 Å². The van der Waals surface area contributed by atoms with Gasteiger partial charge in [-0.15, -0.1) is 10.2 Å². The summed E-state index contributed by atoms with van der Waals surface area (Å²) in [5.41, 5.74) is 3.12. The molecule has 3 aromatic carbocycles. The number of methoxy groups -OCH3 is 2. The summed E-state index contributed by atoms with van der Waals surface area (Å²) in [6.07, 6.45) is 1.99. The number of hydrogen-bond acceptors (Lipinski definition) is 6. The number of ether oxygens (including phenoxy) is 2. The van der Waals surface area contributed by atoms with Crippen molar-refractivity contribution in [1.82, 2.24) is 19.7 Å². The first-order valence-corrected chi connectivity index (χ1v) is 13.2. The fourth-order valence-electron chi connectivity index (χ4n) is 3.98. The SMILES string of the molecule is COc1ccc(CCN(C)C(=O)CCCSc2nnc(-c3ccccc3)n2-c2ccccc2)cc1OC. The van der Waals surface area contributed by atoms with Gasteiger partial charge in [-0.05, 0) is 42.7 Å². The zero-order valence-electron chi connectivity index (χ0n) is 21.5. The van der Waals surface area contributed by atoms with Crippen LogP contribution < -0.4 is 9.47 Å². The van der Waals surface area contributed by atoms with Crippen molar-refractivity contribution in [3.05, 3.63) is 84.4 Å². The Morgan fingerprint density at radius 3 is 2.32 bits per heavy atom. The number of amides is 1. The van der Waals surface area contributed by atoms with Gasteiger partial charge in [0.25, 0.3) is 0 Å². The topological polar surface area (TPSA) is 69.5 Å². The quantitative estimate of drug-likeness (QED) is 0.182. The number of nitrogens with zero attached hydrogens (tertiary/aromatic N) is 4. The predicted octanol–water partition coefficient (Wildman–Crippen LogP) is 5.52. The Balaban J connectivity index is 1.32. The van der Waals surface area contributed by atoms with E-state index in [9.17, 15) is 4.79 Å². The number of hydrogen-bond donors (Lipinski definition) is 0. The largest absolute Gasteiger partial charge is 0.493 e. The first kappa shape index (κ1) is 26.3. The molecule has 0 saturated heterocycles. The number of carbonyl (C=O) groups excluding carboxylic acids is 1. The van der Waals surface area contributed by atoms with Gasteiger partial charge in [-0.2, -0.15) is 0 Å². The summed E-state index contributed by atoms with van der Waals surface area (Å²) < 4.78 is 12.8. The van der Waals surface area contributed by atoms with E-state index in [2.05, 4.69) is 26.9 Å². The zero-order chi connectivity index (χ0) is 26.0. The molecule has 8 heteroatoms. The van der Waals surface area contributed by atoms with E-state index >= 15 is 0 Å². The van der Waals surface area contributed by atoms with Gasteiger partial charge in [-0.3, -0.25) is 9.36 Å². The summed E-state index contributed by atoms with van der Waals surface area (Å²) in [7, 11) is 5.10. The van der Waals surface area contributed by atoms with E-state index in [0.29, 0.717) is 24.5 Å². The van der Waals surface area contributed by atoms with Crippen molar-refractivity contribution in [3.8, 4) is 28.6 Å². The lowest BCUT2D eigenvalue weighted by Crippen LogP contribution is -2.28. The molecule has 7 nitrogen and oxygen atoms in total. The van der Waals surface area contributed by atoms with E-state index in [1.54, 1.807) is 30.9 Å². The summed E-state index contributed by atoms with van der Waals surface area (Å²) in [6.45, 7) is 0.643. The van der Waals surface area contributed by atoms with Crippen LogP contribution in [0, 0.1) is 0 Å². The maximum absolute atomic E-state index is 12.7. The molecule has 0 saturated carbocycles. The molecule has 1 amide bonds. The van der Waals surface area contributed by atoms with Crippen molar-refractivity contribution in [3.63, 3.8) is 0 Å². The lowest BCUT2D eigenvalue weighted by molar-refractivity contribution is -0.129. The first-order valence-electron chi connectivity index (χ1n) is 12.2. The zero-order valence-corrected chi connectivity index (χ0v) is 22.3. The van der Waals surface area contributed by atoms with Crippen LogP contribution in [0.25, 0.3) is 17.1 Å². The highest BCUT2D eigenvalue weighted by Crippen LogP contribution is 2.29. The highest BCUT2D eigenvalue weighted by atomic mass is 32.2. The highest BCUT2D eigenvalue weighted by molar-refractivity contribution is 7.99. The van der Waals surface area contributed by atoms with Crippen molar-refractivity contribution in [2.24, 2.45) is 0 Å². The summed E-state index contributed by atoms with van der Waals surface area (Å²) >= 11 is 1.62. The molecular formula is C29H32N4O3S. The van der Waals surface area contributed by atoms with Crippen LogP contribution in [-0.2, 0) is 11.2 Å². The fourth-order valence-corrected chi connectivity index (χ4v) is 4.87. The van der Waals surface area contributed by atoms with Gasteiger partial charge in [0.1, 0.15) is 0 Å². The average molecular weight is 517 g/mol. The van der Waals surface area contributed by atoms with Gasteiger partial charge in [-0.25, -0.2) is 0 Å².